The fraction of sp³-hybridized carbons (Fsp3) is 0. The lowest BCUT2D eigenvalue weighted by Crippen LogP contribution is -1.98. The van der Waals surface area contributed by atoms with E-state index < -0.39 is 0 Å². The van der Waals surface area contributed by atoms with Crippen molar-refractivity contribution in [1.82, 2.24) is 15.2 Å². The zero-order valence-corrected chi connectivity index (χ0v) is 12.6. The Hall–Kier alpha value is -3.47. The van der Waals surface area contributed by atoms with Crippen LogP contribution in [0.4, 0.5) is 11.6 Å². The first-order valence-corrected chi connectivity index (χ1v) is 7.65. The number of furan rings is 1. The van der Waals surface area contributed by atoms with Gasteiger partial charge in [-0.25, -0.2) is 0 Å². The maximum absolute atomic E-state index is 5.89. The minimum absolute atomic E-state index is 0.414. The van der Waals surface area contributed by atoms with Crippen molar-refractivity contribution in [1.29, 1.82) is 0 Å². The molecule has 0 aliphatic rings. The van der Waals surface area contributed by atoms with Crippen LogP contribution in [0.25, 0.3) is 33.0 Å². The van der Waals surface area contributed by atoms with Gasteiger partial charge in [-0.15, -0.1) is 10.2 Å². The van der Waals surface area contributed by atoms with E-state index in [0.29, 0.717) is 17.2 Å². The summed E-state index contributed by atoms with van der Waals surface area (Å²) in [6.45, 7) is 0. The lowest BCUT2D eigenvalue weighted by molar-refractivity contribution is 0.651. The molecule has 5 nitrogen and oxygen atoms in total. The summed E-state index contributed by atoms with van der Waals surface area (Å²) in [7, 11) is 0. The smallest absolute Gasteiger partial charge is 0.251 e. The molecular weight excluding hydrogens is 300 g/mol. The van der Waals surface area contributed by atoms with E-state index in [9.17, 15) is 0 Å². The normalized spacial score (nSPS) is 11.3. The quantitative estimate of drug-likeness (QED) is 0.513. The highest BCUT2D eigenvalue weighted by Crippen LogP contribution is 2.32. The molecule has 2 heterocycles. The van der Waals surface area contributed by atoms with Crippen LogP contribution in [0.2, 0.25) is 0 Å². The molecule has 5 rings (SSSR count). The van der Waals surface area contributed by atoms with E-state index >= 15 is 0 Å². The van der Waals surface area contributed by atoms with Crippen molar-refractivity contribution in [2.45, 2.75) is 0 Å². The molecular formula is C19H12N4O. The van der Waals surface area contributed by atoms with Crippen LogP contribution in [-0.4, -0.2) is 15.2 Å². The third-order valence-electron chi connectivity index (χ3n) is 4.02. The lowest BCUT2D eigenvalue weighted by atomic mass is 10.1. The minimum Gasteiger partial charge on any atom is -0.436 e. The van der Waals surface area contributed by atoms with Crippen molar-refractivity contribution in [3.63, 3.8) is 0 Å². The Kier molecular flexibility index (Phi) is 2.72. The molecule has 0 spiro atoms. The number of nitrogens with zero attached hydrogens (tertiary/aromatic N) is 3. The van der Waals surface area contributed by atoms with E-state index in [4.69, 9.17) is 4.42 Å². The number of fused-ring (bicyclic) bond motifs is 5. The topological polar surface area (TPSA) is 63.8 Å². The van der Waals surface area contributed by atoms with Gasteiger partial charge >= 0.3 is 0 Å². The largest absolute Gasteiger partial charge is 0.436 e. The van der Waals surface area contributed by atoms with Gasteiger partial charge in [0.25, 0.3) is 11.7 Å². The Morgan fingerprint density at radius 1 is 0.792 bits per heavy atom. The summed E-state index contributed by atoms with van der Waals surface area (Å²) in [6, 6.07) is 21.9. The Morgan fingerprint density at radius 2 is 1.62 bits per heavy atom. The first kappa shape index (κ1) is 13.0. The Labute approximate surface area is 137 Å². The molecule has 0 fully saturated rings. The molecule has 0 unspecified atom stereocenters. The average Bonchev–Trinajstić information content (AvgIpc) is 3.01. The van der Waals surface area contributed by atoms with Crippen molar-refractivity contribution in [3.8, 4) is 0 Å². The molecule has 0 aliphatic heterocycles. The van der Waals surface area contributed by atoms with Crippen LogP contribution in [0.1, 0.15) is 0 Å². The van der Waals surface area contributed by atoms with Crippen LogP contribution in [0.3, 0.4) is 0 Å². The zero-order valence-electron chi connectivity index (χ0n) is 12.6. The van der Waals surface area contributed by atoms with Gasteiger partial charge in [-0.2, -0.15) is 4.98 Å². The van der Waals surface area contributed by atoms with E-state index in [-0.39, 0.29) is 0 Å². The summed E-state index contributed by atoms with van der Waals surface area (Å²) in [4.78, 5) is 4.46. The molecule has 1 N–H and O–H groups in total. The van der Waals surface area contributed by atoms with Crippen molar-refractivity contribution < 1.29 is 4.42 Å². The zero-order chi connectivity index (χ0) is 15.9. The van der Waals surface area contributed by atoms with E-state index in [1.165, 1.54) is 0 Å². The minimum atomic E-state index is 0.414. The Bertz CT molecular complexity index is 1180. The molecule has 114 valence electrons. The third-order valence-corrected chi connectivity index (χ3v) is 4.02. The third kappa shape index (κ3) is 1.99. The predicted molar refractivity (Wildman–Crippen MR) is 94.3 cm³/mol. The molecule has 24 heavy (non-hydrogen) atoms. The molecule has 0 saturated carbocycles. The molecule has 0 bridgehead atoms. The highest BCUT2D eigenvalue weighted by atomic mass is 16.3. The van der Waals surface area contributed by atoms with E-state index in [2.05, 4.69) is 32.6 Å². The molecule has 5 heteroatoms. The Balaban J connectivity index is 1.71. The maximum Gasteiger partial charge on any atom is 0.251 e. The van der Waals surface area contributed by atoms with Crippen LogP contribution in [0, 0.1) is 0 Å². The van der Waals surface area contributed by atoms with Crippen molar-refractivity contribution >= 4 is 44.6 Å². The maximum atomic E-state index is 5.89. The SMILES string of the molecule is c1ccc(Nc2nnc3c(n2)oc2ccc4ccccc4c23)cc1. The summed E-state index contributed by atoms with van der Waals surface area (Å²) in [5, 5.41) is 14.9. The van der Waals surface area contributed by atoms with Gasteiger partial charge in [-0.05, 0) is 29.0 Å². The molecule has 5 aromatic rings. The number of hydrogen-bond acceptors (Lipinski definition) is 5. The summed E-state index contributed by atoms with van der Waals surface area (Å²) < 4.78 is 5.89. The number of para-hydroxylation sites is 1. The fourth-order valence-electron chi connectivity index (χ4n) is 2.93. The number of aromatic nitrogens is 3. The molecule has 0 aliphatic carbocycles. The van der Waals surface area contributed by atoms with Gasteiger partial charge in [0.1, 0.15) is 5.58 Å². The van der Waals surface area contributed by atoms with E-state index in [0.717, 1.165) is 27.4 Å². The predicted octanol–water partition coefficient (Wildman–Crippen LogP) is 4.67. The number of nitrogens with one attached hydrogen (secondary N) is 1. The monoisotopic (exact) mass is 312 g/mol. The first-order valence-electron chi connectivity index (χ1n) is 7.65. The number of hydrogen-bond donors (Lipinski definition) is 1. The summed E-state index contributed by atoms with van der Waals surface area (Å²) >= 11 is 0. The highest BCUT2D eigenvalue weighted by Gasteiger charge is 2.14. The fourth-order valence-corrected chi connectivity index (χ4v) is 2.93. The van der Waals surface area contributed by atoms with Crippen LogP contribution in [0.15, 0.2) is 71.1 Å². The molecule has 0 atom stereocenters. The number of benzene rings is 3. The van der Waals surface area contributed by atoms with Crippen LogP contribution >= 0.6 is 0 Å². The molecule has 0 radical (unpaired) electrons. The average molecular weight is 312 g/mol. The van der Waals surface area contributed by atoms with Crippen LogP contribution in [-0.2, 0) is 0 Å². The van der Waals surface area contributed by atoms with Gasteiger partial charge in [-0.1, -0.05) is 48.5 Å². The second-order valence-electron chi connectivity index (χ2n) is 5.54. The highest BCUT2D eigenvalue weighted by molar-refractivity contribution is 6.16. The summed E-state index contributed by atoms with van der Waals surface area (Å²) in [5.74, 6) is 0.414. The van der Waals surface area contributed by atoms with Crippen LogP contribution < -0.4 is 5.32 Å². The van der Waals surface area contributed by atoms with Crippen molar-refractivity contribution in [3.05, 3.63) is 66.7 Å². The summed E-state index contributed by atoms with van der Waals surface area (Å²) in [5.41, 5.74) is 2.83. The second kappa shape index (κ2) is 5.03. The number of rotatable bonds is 2. The van der Waals surface area contributed by atoms with Gasteiger partial charge < -0.3 is 9.73 Å². The van der Waals surface area contributed by atoms with Gasteiger partial charge in [0.15, 0.2) is 5.52 Å². The van der Waals surface area contributed by atoms with E-state index in [1.807, 2.05) is 54.6 Å². The van der Waals surface area contributed by atoms with E-state index in [1.54, 1.807) is 0 Å². The Morgan fingerprint density at radius 3 is 2.54 bits per heavy atom. The standard InChI is InChI=1S/C19H12N4O/c1-2-7-13(8-3-1)20-19-21-18-17(22-23-19)16-14-9-5-4-6-12(14)10-11-15(16)24-18/h1-11H,(H,20,21,23). The lowest BCUT2D eigenvalue weighted by Gasteiger charge is -2.02. The van der Waals surface area contributed by atoms with Gasteiger partial charge in [0, 0.05) is 5.69 Å². The molecule has 0 saturated heterocycles. The van der Waals surface area contributed by atoms with Crippen LogP contribution in [0.5, 0.6) is 0 Å². The van der Waals surface area contributed by atoms with Gasteiger partial charge in [0.2, 0.25) is 0 Å². The molecule has 2 aromatic heterocycles. The van der Waals surface area contributed by atoms with Gasteiger partial charge in [-0.3, -0.25) is 0 Å². The molecule has 0 amide bonds. The van der Waals surface area contributed by atoms with Gasteiger partial charge in [0.05, 0.1) is 5.39 Å². The first-order chi connectivity index (χ1) is 11.9. The number of anilines is 2. The van der Waals surface area contributed by atoms with Crippen molar-refractivity contribution in [2.75, 3.05) is 5.32 Å². The molecule has 3 aromatic carbocycles. The second-order valence-corrected chi connectivity index (χ2v) is 5.54. The summed E-state index contributed by atoms with van der Waals surface area (Å²) in [6.07, 6.45) is 0. The van der Waals surface area contributed by atoms with Crippen molar-refractivity contribution in [2.24, 2.45) is 0 Å².